The van der Waals surface area contributed by atoms with Gasteiger partial charge in [0.25, 0.3) is 0 Å². The van der Waals surface area contributed by atoms with Crippen LogP contribution >= 0.6 is 30.7 Å². The van der Waals surface area contributed by atoms with Crippen molar-refractivity contribution < 1.29 is 23.7 Å². The van der Waals surface area contributed by atoms with Crippen LogP contribution in [0.4, 0.5) is 6.01 Å². The van der Waals surface area contributed by atoms with E-state index in [4.69, 9.17) is 17.3 Å². The monoisotopic (exact) mass is 425 g/mol. The third-order valence-electron chi connectivity index (χ3n) is 3.64. The van der Waals surface area contributed by atoms with E-state index in [0.29, 0.717) is 16.1 Å². The molecule has 138 valence electrons. The largest absolute Gasteiger partial charge is 0.434 e. The molecule has 0 atom stereocenters. The normalized spacial score (nSPS) is 12.0. The Morgan fingerprint density at radius 1 is 1.33 bits per heavy atom. The molecule has 0 bridgehead atoms. The Bertz CT molecular complexity index is 1240. The fourth-order valence-corrected chi connectivity index (χ4v) is 4.16. The van der Waals surface area contributed by atoms with Crippen LogP contribution in [0.2, 0.25) is 5.02 Å². The molecule has 4 aromatic rings. The number of nitrogens with two attached hydrogens (primary N) is 1. The first-order valence-electron chi connectivity index (χ1n) is 7.21. The Morgan fingerprint density at radius 3 is 2.78 bits per heavy atom. The molecule has 4 rings (SSSR count). The highest BCUT2D eigenvalue weighted by Gasteiger charge is 2.26. The van der Waals surface area contributed by atoms with Crippen LogP contribution in [0.25, 0.3) is 22.4 Å². The van der Waals surface area contributed by atoms with Gasteiger partial charge in [0.2, 0.25) is 11.6 Å². The average Bonchev–Trinajstić information content (AvgIpc) is 3.30. The van der Waals surface area contributed by atoms with Gasteiger partial charge >= 0.3 is 13.8 Å². The van der Waals surface area contributed by atoms with Gasteiger partial charge in [-0.2, -0.15) is 4.98 Å². The van der Waals surface area contributed by atoms with E-state index in [2.05, 4.69) is 19.6 Å². The number of benzene rings is 1. The van der Waals surface area contributed by atoms with Crippen LogP contribution in [0.3, 0.4) is 0 Å². The van der Waals surface area contributed by atoms with Gasteiger partial charge in [-0.05, 0) is 18.2 Å². The van der Waals surface area contributed by atoms with E-state index in [1.807, 2.05) is 0 Å². The SMILES string of the molecule is Nc1nc(-c2csc(C(=O)c3cn(P(=O)(O)O)c4ccc(Cl)cc34)n2)no1. The van der Waals surface area contributed by atoms with Crippen LogP contribution in [-0.2, 0) is 4.57 Å². The van der Waals surface area contributed by atoms with E-state index in [0.717, 1.165) is 21.9 Å². The summed E-state index contributed by atoms with van der Waals surface area (Å²) in [7, 11) is -4.67. The molecule has 0 radical (unpaired) electrons. The van der Waals surface area contributed by atoms with Crippen LogP contribution in [0.15, 0.2) is 34.3 Å². The number of anilines is 1. The van der Waals surface area contributed by atoms with Crippen molar-refractivity contribution >= 4 is 53.4 Å². The molecule has 0 aliphatic carbocycles. The minimum Gasteiger partial charge on any atom is -0.351 e. The Kier molecular flexibility index (Phi) is 4.13. The molecule has 0 unspecified atom stereocenters. The second-order valence-electron chi connectivity index (χ2n) is 5.39. The number of carbonyl (C=O) groups excluding carboxylic acids is 1. The Balaban J connectivity index is 1.83. The molecule has 0 saturated heterocycles. The van der Waals surface area contributed by atoms with E-state index >= 15 is 0 Å². The summed E-state index contributed by atoms with van der Waals surface area (Å²) in [5.41, 5.74) is 5.90. The summed E-state index contributed by atoms with van der Waals surface area (Å²) in [4.78, 5) is 40.0. The van der Waals surface area contributed by atoms with Crippen LogP contribution in [0.5, 0.6) is 0 Å². The highest BCUT2D eigenvalue weighted by Crippen LogP contribution is 2.42. The van der Waals surface area contributed by atoms with Crippen molar-refractivity contribution in [3.8, 4) is 11.5 Å². The number of ketones is 1. The molecule has 0 saturated carbocycles. The zero-order valence-corrected chi connectivity index (χ0v) is 15.6. The van der Waals surface area contributed by atoms with Crippen molar-refractivity contribution in [1.29, 1.82) is 0 Å². The van der Waals surface area contributed by atoms with Gasteiger partial charge in [0.15, 0.2) is 5.01 Å². The zero-order chi connectivity index (χ0) is 19.3. The molecule has 4 N–H and O–H groups in total. The van der Waals surface area contributed by atoms with Gasteiger partial charge in [-0.1, -0.05) is 16.8 Å². The summed E-state index contributed by atoms with van der Waals surface area (Å²) in [5, 5.41) is 5.88. The number of hydrogen-bond acceptors (Lipinski definition) is 8. The summed E-state index contributed by atoms with van der Waals surface area (Å²) < 4.78 is 17.2. The summed E-state index contributed by atoms with van der Waals surface area (Å²) in [6.45, 7) is 0. The number of nitrogens with zero attached hydrogens (tertiary/aromatic N) is 4. The van der Waals surface area contributed by atoms with Gasteiger partial charge in [-0.3, -0.25) is 9.13 Å². The summed E-state index contributed by atoms with van der Waals surface area (Å²) >= 11 is 7.01. The maximum absolute atomic E-state index is 12.9. The molecule has 0 spiro atoms. The first-order valence-corrected chi connectivity index (χ1v) is 10.0. The fourth-order valence-electron chi connectivity index (χ4n) is 2.52. The van der Waals surface area contributed by atoms with Crippen LogP contribution in [-0.4, -0.2) is 35.0 Å². The molecular formula is C14H9ClN5O5PS. The van der Waals surface area contributed by atoms with E-state index in [9.17, 15) is 19.1 Å². The maximum atomic E-state index is 12.9. The molecule has 0 fully saturated rings. The molecule has 3 aromatic heterocycles. The molecule has 3 heterocycles. The number of fused-ring (bicyclic) bond motifs is 1. The first kappa shape index (κ1) is 17.8. The Hall–Kier alpha value is -2.56. The predicted molar refractivity (Wildman–Crippen MR) is 97.6 cm³/mol. The van der Waals surface area contributed by atoms with Crippen molar-refractivity contribution in [2.45, 2.75) is 0 Å². The third kappa shape index (κ3) is 3.15. The Morgan fingerprint density at radius 2 is 2.11 bits per heavy atom. The predicted octanol–water partition coefficient (Wildman–Crippen LogP) is 2.56. The van der Waals surface area contributed by atoms with Crippen LogP contribution in [0, 0.1) is 0 Å². The molecule has 1 aromatic carbocycles. The smallest absolute Gasteiger partial charge is 0.351 e. The minimum absolute atomic E-state index is 0.0596. The first-order chi connectivity index (χ1) is 12.7. The number of hydrogen-bond donors (Lipinski definition) is 3. The van der Waals surface area contributed by atoms with Gasteiger partial charge in [0.05, 0.1) is 11.1 Å². The lowest BCUT2D eigenvalue weighted by Crippen LogP contribution is -2.00. The number of rotatable bonds is 4. The number of halogens is 1. The quantitative estimate of drug-likeness (QED) is 0.330. The second kappa shape index (κ2) is 6.25. The summed E-state index contributed by atoms with van der Waals surface area (Å²) in [6, 6.07) is 4.24. The number of carbonyl (C=O) groups is 1. The van der Waals surface area contributed by atoms with E-state index in [-0.39, 0.29) is 27.9 Å². The fraction of sp³-hybridized carbons (Fsp3) is 0. The van der Waals surface area contributed by atoms with Crippen molar-refractivity contribution in [1.82, 2.24) is 19.5 Å². The lowest BCUT2D eigenvalue weighted by molar-refractivity contribution is 0.104. The number of nitrogen functional groups attached to an aromatic ring is 1. The van der Waals surface area contributed by atoms with Crippen LogP contribution in [0.1, 0.15) is 15.4 Å². The minimum atomic E-state index is -4.67. The number of thiazole rings is 1. The zero-order valence-electron chi connectivity index (χ0n) is 13.1. The molecule has 0 aliphatic heterocycles. The summed E-state index contributed by atoms with van der Waals surface area (Å²) in [6.07, 6.45) is 1.09. The Labute approximate surface area is 159 Å². The molecule has 10 nitrogen and oxygen atoms in total. The van der Waals surface area contributed by atoms with Gasteiger partial charge in [-0.25, -0.2) is 9.55 Å². The molecule has 0 amide bonds. The van der Waals surface area contributed by atoms with Crippen LogP contribution < -0.4 is 5.73 Å². The third-order valence-corrected chi connectivity index (χ3v) is 5.61. The molecule has 13 heteroatoms. The summed E-state index contributed by atoms with van der Waals surface area (Å²) in [5.74, 6) is -0.398. The van der Waals surface area contributed by atoms with Crippen molar-refractivity contribution in [2.24, 2.45) is 0 Å². The van der Waals surface area contributed by atoms with E-state index < -0.39 is 13.5 Å². The topological polar surface area (TPSA) is 157 Å². The lowest BCUT2D eigenvalue weighted by Gasteiger charge is -2.06. The number of aromatic nitrogens is 4. The van der Waals surface area contributed by atoms with E-state index in [1.165, 1.54) is 18.2 Å². The van der Waals surface area contributed by atoms with Crippen molar-refractivity contribution in [3.05, 3.63) is 45.4 Å². The standard InChI is InChI=1S/C14H9ClN5O5PS/c15-6-1-2-10-7(3-6)8(4-20(10)26(22,23)24)11(21)13-17-9(5-27-13)12-18-14(16)25-19-12/h1-5H,(H2,16,18,19)(H2,22,23,24). The molecule has 0 aliphatic rings. The lowest BCUT2D eigenvalue weighted by atomic mass is 10.1. The molecular weight excluding hydrogens is 417 g/mol. The van der Waals surface area contributed by atoms with Gasteiger partial charge in [0, 0.05) is 22.0 Å². The average molecular weight is 426 g/mol. The second-order valence-corrected chi connectivity index (χ2v) is 8.14. The highest BCUT2D eigenvalue weighted by atomic mass is 35.5. The van der Waals surface area contributed by atoms with Gasteiger partial charge < -0.3 is 20.0 Å². The van der Waals surface area contributed by atoms with Gasteiger partial charge in [-0.15, -0.1) is 11.3 Å². The van der Waals surface area contributed by atoms with Crippen molar-refractivity contribution in [3.63, 3.8) is 0 Å². The van der Waals surface area contributed by atoms with E-state index in [1.54, 1.807) is 5.38 Å². The van der Waals surface area contributed by atoms with Crippen molar-refractivity contribution in [2.75, 3.05) is 5.73 Å². The molecule has 27 heavy (non-hydrogen) atoms. The maximum Gasteiger partial charge on any atom is 0.434 e. The van der Waals surface area contributed by atoms with Gasteiger partial charge in [0.1, 0.15) is 5.69 Å². The highest BCUT2D eigenvalue weighted by molar-refractivity contribution is 7.50.